The summed E-state index contributed by atoms with van der Waals surface area (Å²) in [6.07, 6.45) is 1.32. The average molecular weight is 305 g/mol. The molecule has 0 spiro atoms. The van der Waals surface area contributed by atoms with E-state index < -0.39 is 10.0 Å². The molecule has 0 saturated carbocycles. The van der Waals surface area contributed by atoms with Crippen LogP contribution in [0.3, 0.4) is 0 Å². The maximum Gasteiger partial charge on any atom is 0.257 e. The third-order valence-electron chi connectivity index (χ3n) is 2.81. The fourth-order valence-corrected chi connectivity index (χ4v) is 2.81. The zero-order valence-corrected chi connectivity index (χ0v) is 11.5. The number of hydrogen-bond donors (Lipinski definition) is 2. The minimum absolute atomic E-state index is 0.0614. The lowest BCUT2D eigenvalue weighted by Crippen LogP contribution is -2.23. The van der Waals surface area contributed by atoms with Crippen molar-refractivity contribution in [3.8, 4) is 5.88 Å². The van der Waals surface area contributed by atoms with Crippen molar-refractivity contribution in [1.29, 1.82) is 0 Å². The van der Waals surface area contributed by atoms with Crippen molar-refractivity contribution in [2.75, 3.05) is 0 Å². The molecule has 108 valence electrons. The van der Waals surface area contributed by atoms with Crippen LogP contribution in [0.1, 0.15) is 5.69 Å². The van der Waals surface area contributed by atoms with Gasteiger partial charge in [0, 0.05) is 6.07 Å². The van der Waals surface area contributed by atoms with Crippen LogP contribution in [0, 0.1) is 0 Å². The molecule has 3 rings (SSSR count). The van der Waals surface area contributed by atoms with Crippen molar-refractivity contribution in [3.05, 3.63) is 48.4 Å². The standard InChI is InChI=1S/C12H11N5O3S/c18-11-6-9(15-12-16-13-8-17(11)12)7-14-21(19,20)10-4-2-1-3-5-10/h1-6,8,14,18H,7H2. The molecule has 2 aromatic heterocycles. The Morgan fingerprint density at radius 3 is 2.76 bits per heavy atom. The Morgan fingerprint density at radius 2 is 2.00 bits per heavy atom. The van der Waals surface area contributed by atoms with E-state index in [1.807, 2.05) is 0 Å². The number of benzene rings is 1. The van der Waals surface area contributed by atoms with Gasteiger partial charge in [-0.05, 0) is 12.1 Å². The van der Waals surface area contributed by atoms with Crippen molar-refractivity contribution in [2.45, 2.75) is 11.4 Å². The molecule has 1 aromatic carbocycles. The van der Waals surface area contributed by atoms with Crippen LogP contribution in [0.4, 0.5) is 0 Å². The van der Waals surface area contributed by atoms with Gasteiger partial charge in [-0.3, -0.25) is 0 Å². The van der Waals surface area contributed by atoms with Gasteiger partial charge < -0.3 is 5.11 Å². The van der Waals surface area contributed by atoms with Gasteiger partial charge in [0.05, 0.1) is 17.1 Å². The van der Waals surface area contributed by atoms with Crippen LogP contribution in [0.2, 0.25) is 0 Å². The molecule has 0 aliphatic carbocycles. The third kappa shape index (κ3) is 2.69. The minimum atomic E-state index is -3.63. The highest BCUT2D eigenvalue weighted by Gasteiger charge is 2.14. The molecule has 0 fully saturated rings. The smallest absolute Gasteiger partial charge is 0.257 e. The van der Waals surface area contributed by atoms with Crippen molar-refractivity contribution in [1.82, 2.24) is 24.3 Å². The van der Waals surface area contributed by atoms with E-state index in [1.165, 1.54) is 28.9 Å². The second-order valence-electron chi connectivity index (χ2n) is 4.24. The fraction of sp³-hybridized carbons (Fsp3) is 0.0833. The Kier molecular flexibility index (Phi) is 3.28. The number of aromatic hydroxyl groups is 1. The minimum Gasteiger partial charge on any atom is -0.494 e. The Morgan fingerprint density at radius 1 is 1.24 bits per heavy atom. The van der Waals surface area contributed by atoms with Crippen molar-refractivity contribution in [3.63, 3.8) is 0 Å². The number of nitrogens with one attached hydrogen (secondary N) is 1. The van der Waals surface area contributed by atoms with E-state index in [0.29, 0.717) is 5.69 Å². The first-order valence-corrected chi connectivity index (χ1v) is 7.48. The molecule has 0 aliphatic heterocycles. The first kappa shape index (κ1) is 13.5. The summed E-state index contributed by atoms with van der Waals surface area (Å²) < 4.78 is 27.8. The van der Waals surface area contributed by atoms with Crippen LogP contribution < -0.4 is 4.72 Å². The van der Waals surface area contributed by atoms with Crippen LogP contribution in [-0.4, -0.2) is 33.1 Å². The first-order valence-electron chi connectivity index (χ1n) is 5.99. The number of aromatic nitrogens is 4. The number of nitrogens with zero attached hydrogens (tertiary/aromatic N) is 4. The van der Waals surface area contributed by atoms with Crippen LogP contribution in [0.5, 0.6) is 5.88 Å². The second-order valence-corrected chi connectivity index (χ2v) is 6.01. The third-order valence-corrected chi connectivity index (χ3v) is 4.23. The van der Waals surface area contributed by atoms with E-state index in [9.17, 15) is 13.5 Å². The maximum atomic E-state index is 12.1. The highest BCUT2D eigenvalue weighted by molar-refractivity contribution is 7.89. The highest BCUT2D eigenvalue weighted by atomic mass is 32.2. The summed E-state index contributed by atoms with van der Waals surface area (Å²) in [5, 5.41) is 17.1. The molecule has 0 unspecified atom stereocenters. The van der Waals surface area contributed by atoms with Gasteiger partial charge in [-0.1, -0.05) is 18.2 Å². The molecule has 0 aliphatic rings. The molecule has 3 aromatic rings. The summed E-state index contributed by atoms with van der Waals surface area (Å²) in [6.45, 7) is -0.0614. The van der Waals surface area contributed by atoms with Gasteiger partial charge in [0.25, 0.3) is 5.78 Å². The maximum absolute atomic E-state index is 12.1. The van der Waals surface area contributed by atoms with E-state index in [4.69, 9.17) is 0 Å². The summed E-state index contributed by atoms with van der Waals surface area (Å²) in [5.41, 5.74) is 0.340. The molecule has 0 amide bonds. The van der Waals surface area contributed by atoms with E-state index in [-0.39, 0.29) is 23.1 Å². The Balaban J connectivity index is 1.83. The quantitative estimate of drug-likeness (QED) is 0.718. The average Bonchev–Trinajstić information content (AvgIpc) is 2.95. The largest absolute Gasteiger partial charge is 0.494 e. The highest BCUT2D eigenvalue weighted by Crippen LogP contribution is 2.13. The normalized spacial score (nSPS) is 11.8. The van der Waals surface area contributed by atoms with Gasteiger partial charge in [0.2, 0.25) is 15.9 Å². The molecular weight excluding hydrogens is 294 g/mol. The van der Waals surface area contributed by atoms with Gasteiger partial charge >= 0.3 is 0 Å². The van der Waals surface area contributed by atoms with Crippen LogP contribution in [0.15, 0.2) is 47.6 Å². The second kappa shape index (κ2) is 5.11. The van der Waals surface area contributed by atoms with E-state index in [0.717, 1.165) is 0 Å². The fourth-order valence-electron chi connectivity index (χ4n) is 1.79. The molecular formula is C12H11N5O3S. The summed E-state index contributed by atoms with van der Waals surface area (Å²) in [6, 6.07) is 9.35. The SMILES string of the molecule is O=S(=O)(NCc1cc(O)n2cnnc2n1)c1ccccc1. The number of rotatable bonds is 4. The lowest BCUT2D eigenvalue weighted by molar-refractivity contribution is 0.443. The molecule has 0 bridgehead atoms. The van der Waals surface area contributed by atoms with Crippen molar-refractivity contribution < 1.29 is 13.5 Å². The Hall–Kier alpha value is -2.52. The van der Waals surface area contributed by atoms with Gasteiger partial charge in [-0.15, -0.1) is 10.2 Å². The molecule has 8 nitrogen and oxygen atoms in total. The van der Waals surface area contributed by atoms with Crippen molar-refractivity contribution in [2.24, 2.45) is 0 Å². The zero-order chi connectivity index (χ0) is 14.9. The summed E-state index contributed by atoms with van der Waals surface area (Å²) in [5.74, 6) is 0.0859. The van der Waals surface area contributed by atoms with E-state index >= 15 is 0 Å². The molecule has 2 heterocycles. The molecule has 2 N–H and O–H groups in total. The van der Waals surface area contributed by atoms with Gasteiger partial charge in [-0.25, -0.2) is 22.5 Å². The number of hydrogen-bond acceptors (Lipinski definition) is 6. The van der Waals surface area contributed by atoms with Gasteiger partial charge in [-0.2, -0.15) is 0 Å². The predicted molar refractivity (Wildman–Crippen MR) is 72.9 cm³/mol. The predicted octanol–water partition coefficient (Wildman–Crippen LogP) is 0.308. The summed E-state index contributed by atoms with van der Waals surface area (Å²) in [7, 11) is -3.63. The van der Waals surface area contributed by atoms with Gasteiger partial charge in [0.1, 0.15) is 6.33 Å². The van der Waals surface area contributed by atoms with Crippen molar-refractivity contribution >= 4 is 15.8 Å². The van der Waals surface area contributed by atoms with Crippen LogP contribution in [0.25, 0.3) is 5.78 Å². The zero-order valence-electron chi connectivity index (χ0n) is 10.7. The van der Waals surface area contributed by atoms with Crippen LogP contribution in [-0.2, 0) is 16.6 Å². The van der Waals surface area contributed by atoms with E-state index in [1.54, 1.807) is 18.2 Å². The molecule has 0 radical (unpaired) electrons. The van der Waals surface area contributed by atoms with Crippen LogP contribution >= 0.6 is 0 Å². The summed E-state index contributed by atoms with van der Waals surface area (Å²) in [4.78, 5) is 4.26. The molecule has 0 saturated heterocycles. The lowest BCUT2D eigenvalue weighted by Gasteiger charge is -2.07. The first-order chi connectivity index (χ1) is 10.1. The molecule has 9 heteroatoms. The van der Waals surface area contributed by atoms with E-state index in [2.05, 4.69) is 19.9 Å². The number of fused-ring (bicyclic) bond motifs is 1. The molecule has 21 heavy (non-hydrogen) atoms. The van der Waals surface area contributed by atoms with Gasteiger partial charge in [0.15, 0.2) is 0 Å². The lowest BCUT2D eigenvalue weighted by atomic mass is 10.4. The number of sulfonamides is 1. The Bertz CT molecular complexity index is 876. The monoisotopic (exact) mass is 305 g/mol. The molecule has 0 atom stereocenters. The topological polar surface area (TPSA) is 109 Å². The Labute approximate surface area is 120 Å². The summed E-state index contributed by atoms with van der Waals surface area (Å²) >= 11 is 0.